The van der Waals surface area contributed by atoms with Crippen molar-refractivity contribution in [3.63, 3.8) is 0 Å². The maximum atomic E-state index is 12.8. The molecule has 0 heterocycles. The molecular weight excluding hydrogens is 360 g/mol. The molecule has 6 heteroatoms. The summed E-state index contributed by atoms with van der Waals surface area (Å²) in [5, 5.41) is 0. The number of amides is 1. The van der Waals surface area contributed by atoms with E-state index in [-0.39, 0.29) is 16.8 Å². The van der Waals surface area contributed by atoms with E-state index in [0.717, 1.165) is 31.2 Å². The number of sulfonamides is 1. The first kappa shape index (κ1) is 19.6. The highest BCUT2D eigenvalue weighted by molar-refractivity contribution is 7.89. The summed E-state index contributed by atoms with van der Waals surface area (Å²) in [4.78, 5) is 14.5. The molecule has 1 saturated carbocycles. The van der Waals surface area contributed by atoms with E-state index in [1.54, 1.807) is 24.1 Å². The van der Waals surface area contributed by atoms with E-state index in [2.05, 4.69) is 4.72 Å². The van der Waals surface area contributed by atoms with Crippen molar-refractivity contribution in [3.05, 3.63) is 65.2 Å². The standard InChI is InChI=1S/C21H26N2O3S/c1-16-10-12-17(13-11-16)15-23(2)21(24)18-6-5-9-20(14-18)27(25,26)22-19-7-3-4-8-19/h5-6,9-14,19,22H,3-4,7-8,15H2,1-2H3. The molecule has 2 aromatic carbocycles. The van der Waals surface area contributed by atoms with Crippen LogP contribution in [-0.4, -0.2) is 32.3 Å². The molecule has 3 rings (SSSR count). The van der Waals surface area contributed by atoms with Gasteiger partial charge in [-0.3, -0.25) is 4.79 Å². The summed E-state index contributed by atoms with van der Waals surface area (Å²) in [5.41, 5.74) is 2.57. The molecule has 0 aliphatic heterocycles. The van der Waals surface area contributed by atoms with Crippen LogP contribution in [0.5, 0.6) is 0 Å². The third kappa shape index (κ3) is 4.96. The second kappa shape index (κ2) is 8.23. The molecule has 0 aromatic heterocycles. The van der Waals surface area contributed by atoms with Crippen LogP contribution < -0.4 is 4.72 Å². The SMILES string of the molecule is Cc1ccc(CN(C)C(=O)c2cccc(S(=O)(=O)NC3CCCC3)c2)cc1. The van der Waals surface area contributed by atoms with Crippen molar-refractivity contribution < 1.29 is 13.2 Å². The van der Waals surface area contributed by atoms with Crippen LogP contribution in [0.25, 0.3) is 0 Å². The van der Waals surface area contributed by atoms with Crippen LogP contribution >= 0.6 is 0 Å². The fourth-order valence-corrected chi connectivity index (χ4v) is 4.74. The third-order valence-corrected chi connectivity index (χ3v) is 6.47. The Morgan fingerprint density at radius 2 is 1.78 bits per heavy atom. The number of nitrogens with zero attached hydrogens (tertiary/aromatic N) is 1. The highest BCUT2D eigenvalue weighted by atomic mass is 32.2. The van der Waals surface area contributed by atoms with Crippen molar-refractivity contribution in [3.8, 4) is 0 Å². The van der Waals surface area contributed by atoms with E-state index in [0.29, 0.717) is 12.1 Å². The van der Waals surface area contributed by atoms with Crippen molar-refractivity contribution in [2.24, 2.45) is 0 Å². The summed E-state index contributed by atoms with van der Waals surface area (Å²) in [7, 11) is -1.89. The van der Waals surface area contributed by atoms with E-state index < -0.39 is 10.0 Å². The molecular formula is C21H26N2O3S. The Balaban J connectivity index is 1.73. The Bertz CT molecular complexity index is 901. The fourth-order valence-electron chi connectivity index (χ4n) is 3.39. The van der Waals surface area contributed by atoms with Crippen molar-refractivity contribution in [2.45, 2.75) is 50.1 Å². The number of hydrogen-bond donors (Lipinski definition) is 1. The molecule has 0 unspecified atom stereocenters. The lowest BCUT2D eigenvalue weighted by Crippen LogP contribution is -2.33. The van der Waals surface area contributed by atoms with Crippen molar-refractivity contribution in [1.82, 2.24) is 9.62 Å². The molecule has 1 amide bonds. The van der Waals surface area contributed by atoms with Crippen molar-refractivity contribution >= 4 is 15.9 Å². The molecule has 5 nitrogen and oxygen atoms in total. The van der Waals surface area contributed by atoms with E-state index in [9.17, 15) is 13.2 Å². The van der Waals surface area contributed by atoms with Crippen LogP contribution in [-0.2, 0) is 16.6 Å². The molecule has 27 heavy (non-hydrogen) atoms. The summed E-state index contributed by atoms with van der Waals surface area (Å²) in [5.74, 6) is -0.200. The second-order valence-electron chi connectivity index (χ2n) is 7.28. The normalized spacial score (nSPS) is 15.0. The Kier molecular flexibility index (Phi) is 5.97. The highest BCUT2D eigenvalue weighted by Crippen LogP contribution is 2.21. The summed E-state index contributed by atoms with van der Waals surface area (Å²) in [6, 6.07) is 14.3. The zero-order valence-corrected chi connectivity index (χ0v) is 16.6. The predicted octanol–water partition coefficient (Wildman–Crippen LogP) is 3.49. The van der Waals surface area contributed by atoms with Crippen LogP contribution in [0.4, 0.5) is 0 Å². The maximum absolute atomic E-state index is 12.8. The summed E-state index contributed by atoms with van der Waals surface area (Å²) < 4.78 is 28.0. The summed E-state index contributed by atoms with van der Waals surface area (Å²) in [6.45, 7) is 2.49. The van der Waals surface area contributed by atoms with Crippen molar-refractivity contribution in [1.29, 1.82) is 0 Å². The van der Waals surface area contributed by atoms with Crippen LogP contribution in [0.1, 0.15) is 47.2 Å². The zero-order chi connectivity index (χ0) is 19.4. The summed E-state index contributed by atoms with van der Waals surface area (Å²) in [6.07, 6.45) is 3.85. The summed E-state index contributed by atoms with van der Waals surface area (Å²) >= 11 is 0. The quantitative estimate of drug-likeness (QED) is 0.826. The highest BCUT2D eigenvalue weighted by Gasteiger charge is 2.24. The first-order valence-electron chi connectivity index (χ1n) is 9.28. The molecule has 0 radical (unpaired) electrons. The number of carbonyl (C=O) groups is 1. The number of rotatable bonds is 6. The molecule has 1 fully saturated rings. The molecule has 0 bridgehead atoms. The predicted molar refractivity (Wildman–Crippen MR) is 106 cm³/mol. The van der Waals surface area contributed by atoms with E-state index >= 15 is 0 Å². The van der Waals surface area contributed by atoms with Gasteiger partial charge < -0.3 is 4.90 Å². The molecule has 2 aromatic rings. The molecule has 0 spiro atoms. The Morgan fingerprint density at radius 3 is 2.44 bits per heavy atom. The Morgan fingerprint density at radius 1 is 1.11 bits per heavy atom. The fraction of sp³-hybridized carbons (Fsp3) is 0.381. The van der Waals surface area contributed by atoms with Gasteiger partial charge in [0.05, 0.1) is 4.90 Å². The van der Waals surface area contributed by atoms with Gasteiger partial charge in [0, 0.05) is 25.2 Å². The van der Waals surface area contributed by atoms with E-state index in [4.69, 9.17) is 0 Å². The van der Waals surface area contributed by atoms with Gasteiger partial charge in [0.1, 0.15) is 0 Å². The van der Waals surface area contributed by atoms with Crippen LogP contribution in [0, 0.1) is 6.92 Å². The molecule has 1 aliphatic rings. The van der Waals surface area contributed by atoms with Gasteiger partial charge in [-0.25, -0.2) is 13.1 Å². The van der Waals surface area contributed by atoms with Gasteiger partial charge in [0.25, 0.3) is 5.91 Å². The molecule has 0 saturated heterocycles. The maximum Gasteiger partial charge on any atom is 0.253 e. The molecule has 1 aliphatic carbocycles. The lowest BCUT2D eigenvalue weighted by molar-refractivity contribution is 0.0785. The zero-order valence-electron chi connectivity index (χ0n) is 15.8. The number of aryl methyl sites for hydroxylation is 1. The Labute approximate surface area is 161 Å². The number of nitrogens with one attached hydrogen (secondary N) is 1. The first-order valence-corrected chi connectivity index (χ1v) is 10.8. The largest absolute Gasteiger partial charge is 0.337 e. The minimum atomic E-state index is -3.61. The number of benzene rings is 2. The molecule has 0 atom stereocenters. The third-order valence-electron chi connectivity index (χ3n) is 4.96. The Hall–Kier alpha value is -2.18. The van der Waals surface area contributed by atoms with Crippen LogP contribution in [0.15, 0.2) is 53.4 Å². The van der Waals surface area contributed by atoms with Gasteiger partial charge in [-0.05, 0) is 43.5 Å². The van der Waals surface area contributed by atoms with Crippen LogP contribution in [0.3, 0.4) is 0 Å². The topological polar surface area (TPSA) is 66.5 Å². The molecule has 144 valence electrons. The lowest BCUT2D eigenvalue weighted by Gasteiger charge is -2.18. The van der Waals surface area contributed by atoms with Gasteiger partial charge in [-0.2, -0.15) is 0 Å². The lowest BCUT2D eigenvalue weighted by atomic mass is 10.1. The average Bonchev–Trinajstić information content (AvgIpc) is 3.15. The average molecular weight is 387 g/mol. The van der Waals surface area contributed by atoms with Gasteiger partial charge in [-0.1, -0.05) is 48.7 Å². The first-order chi connectivity index (χ1) is 12.8. The van der Waals surface area contributed by atoms with Crippen molar-refractivity contribution in [2.75, 3.05) is 7.05 Å². The van der Waals surface area contributed by atoms with E-state index in [1.165, 1.54) is 17.7 Å². The van der Waals surface area contributed by atoms with E-state index in [1.807, 2.05) is 31.2 Å². The smallest absolute Gasteiger partial charge is 0.253 e. The molecule has 1 N–H and O–H groups in total. The number of carbonyl (C=O) groups excluding carboxylic acids is 1. The minimum Gasteiger partial charge on any atom is -0.337 e. The monoisotopic (exact) mass is 386 g/mol. The second-order valence-corrected chi connectivity index (χ2v) is 8.99. The van der Waals surface area contributed by atoms with Crippen LogP contribution in [0.2, 0.25) is 0 Å². The minimum absolute atomic E-state index is 0.00133. The van der Waals surface area contributed by atoms with Gasteiger partial charge in [0.2, 0.25) is 10.0 Å². The number of hydrogen-bond acceptors (Lipinski definition) is 3. The van der Waals surface area contributed by atoms with Gasteiger partial charge in [0.15, 0.2) is 0 Å². The van der Waals surface area contributed by atoms with Gasteiger partial charge >= 0.3 is 0 Å². The van der Waals surface area contributed by atoms with Gasteiger partial charge in [-0.15, -0.1) is 0 Å².